The number of hydrogen-bond acceptors (Lipinski definition) is 8. The van der Waals surface area contributed by atoms with Crippen LogP contribution in [0.3, 0.4) is 0 Å². The summed E-state index contributed by atoms with van der Waals surface area (Å²) in [4.78, 5) is 25.2. The molecule has 8 heteroatoms. The number of hydrogen-bond donors (Lipinski definition) is 2. The molecule has 0 amide bonds. The summed E-state index contributed by atoms with van der Waals surface area (Å²) in [6.07, 6.45) is -2.37. The molecule has 2 bridgehead atoms. The molecule has 28 heavy (non-hydrogen) atoms. The van der Waals surface area contributed by atoms with Gasteiger partial charge < -0.3 is 29.2 Å². The van der Waals surface area contributed by atoms with Gasteiger partial charge in [0.25, 0.3) is 0 Å². The Morgan fingerprint density at radius 3 is 2.57 bits per heavy atom. The third-order valence-electron chi connectivity index (χ3n) is 6.91. The molecule has 3 aliphatic heterocycles. The molecule has 3 heterocycles. The van der Waals surface area contributed by atoms with E-state index in [1.165, 1.54) is 0 Å². The summed E-state index contributed by atoms with van der Waals surface area (Å²) in [7, 11) is 0. The molecule has 154 valence electrons. The Hall–Kier alpha value is -1.74. The van der Waals surface area contributed by atoms with Crippen molar-refractivity contribution in [3.63, 3.8) is 0 Å². The van der Waals surface area contributed by atoms with E-state index >= 15 is 0 Å². The molecule has 4 rings (SSSR count). The fourth-order valence-corrected chi connectivity index (χ4v) is 4.57. The Morgan fingerprint density at radius 2 is 1.96 bits per heavy atom. The average Bonchev–Trinajstić information content (AvgIpc) is 3.10. The van der Waals surface area contributed by atoms with Gasteiger partial charge in [0.1, 0.15) is 12.2 Å². The van der Waals surface area contributed by atoms with E-state index in [2.05, 4.69) is 6.58 Å². The van der Waals surface area contributed by atoms with Gasteiger partial charge in [0.15, 0.2) is 23.6 Å². The minimum absolute atomic E-state index is 0.0817. The first-order valence-corrected chi connectivity index (χ1v) is 9.48. The SMILES string of the molecule is C=C1C(=O)O[C@@H]2[C@]3(C)CC/C=C(/C)[C@@H](O)[C@@H](OC(=O)[C@@]4(C)O[C@@H]4C)[C@@]12O[C@H]3O. The van der Waals surface area contributed by atoms with Crippen LogP contribution < -0.4 is 0 Å². The molecule has 0 saturated carbocycles. The fourth-order valence-electron chi connectivity index (χ4n) is 4.57. The quantitative estimate of drug-likeness (QED) is 0.305. The van der Waals surface area contributed by atoms with Crippen molar-refractivity contribution >= 4 is 11.9 Å². The Morgan fingerprint density at radius 1 is 1.32 bits per heavy atom. The maximum Gasteiger partial charge on any atom is 0.341 e. The molecule has 0 spiro atoms. The van der Waals surface area contributed by atoms with Crippen LogP contribution >= 0.6 is 0 Å². The van der Waals surface area contributed by atoms with Crippen molar-refractivity contribution < 1.29 is 38.7 Å². The maximum atomic E-state index is 12.8. The number of carbonyl (C=O) groups excluding carboxylic acids is 2. The van der Waals surface area contributed by atoms with Gasteiger partial charge in [0, 0.05) is 0 Å². The zero-order valence-electron chi connectivity index (χ0n) is 16.4. The number of allylic oxidation sites excluding steroid dienone is 1. The van der Waals surface area contributed by atoms with Gasteiger partial charge in [-0.25, -0.2) is 9.59 Å². The topological polar surface area (TPSA) is 115 Å². The van der Waals surface area contributed by atoms with Gasteiger partial charge in [-0.05, 0) is 39.2 Å². The lowest BCUT2D eigenvalue weighted by Crippen LogP contribution is -2.58. The van der Waals surface area contributed by atoms with Gasteiger partial charge in [-0.2, -0.15) is 0 Å². The normalized spacial score (nSPS) is 51.9. The monoisotopic (exact) mass is 394 g/mol. The van der Waals surface area contributed by atoms with Crippen LogP contribution in [0.2, 0.25) is 0 Å². The Kier molecular flexibility index (Phi) is 4.11. The average molecular weight is 394 g/mol. The van der Waals surface area contributed by atoms with E-state index in [0.29, 0.717) is 18.4 Å². The first-order valence-electron chi connectivity index (χ1n) is 9.48. The summed E-state index contributed by atoms with van der Waals surface area (Å²) in [5, 5.41) is 21.7. The predicted molar refractivity (Wildman–Crippen MR) is 94.8 cm³/mol. The second-order valence-electron chi connectivity index (χ2n) is 8.66. The molecule has 0 aromatic carbocycles. The highest BCUT2D eigenvalue weighted by Gasteiger charge is 2.74. The highest BCUT2D eigenvalue weighted by atomic mass is 16.7. The van der Waals surface area contributed by atoms with Crippen LogP contribution in [0.15, 0.2) is 23.8 Å². The van der Waals surface area contributed by atoms with Crippen molar-refractivity contribution in [3.05, 3.63) is 23.8 Å². The van der Waals surface area contributed by atoms with E-state index in [-0.39, 0.29) is 11.7 Å². The fraction of sp³-hybridized carbons (Fsp3) is 0.700. The summed E-state index contributed by atoms with van der Waals surface area (Å²) in [6.45, 7) is 10.6. The summed E-state index contributed by atoms with van der Waals surface area (Å²) in [5.74, 6) is -1.37. The number of esters is 2. The van der Waals surface area contributed by atoms with E-state index in [4.69, 9.17) is 18.9 Å². The Balaban J connectivity index is 1.83. The van der Waals surface area contributed by atoms with Crippen molar-refractivity contribution in [1.82, 2.24) is 0 Å². The van der Waals surface area contributed by atoms with Gasteiger partial charge in [-0.15, -0.1) is 0 Å². The lowest BCUT2D eigenvalue weighted by atomic mass is 9.72. The number of aliphatic hydroxyl groups excluding tert-OH is 2. The van der Waals surface area contributed by atoms with Crippen LogP contribution in [0.4, 0.5) is 0 Å². The predicted octanol–water partition coefficient (Wildman–Crippen LogP) is 0.752. The summed E-state index contributed by atoms with van der Waals surface area (Å²) < 4.78 is 22.5. The Labute approximate surface area is 163 Å². The van der Waals surface area contributed by atoms with Crippen molar-refractivity contribution in [2.75, 3.05) is 0 Å². The molecule has 3 fully saturated rings. The standard InChI is InChI=1S/C20H26O8/c1-9-7-6-8-18(4)15-20(28-16(18)23,10(2)14(22)26-15)13(12(9)21)25-17(24)19(5)11(3)27-19/h7,11-13,15-16,21,23H,2,6,8H2,1,3-5H3/b9-7-/t11-,12-,13-,15-,16-,18+,19+,20+/m1/s1. The molecule has 0 aromatic rings. The van der Waals surface area contributed by atoms with E-state index in [9.17, 15) is 19.8 Å². The molecule has 4 aliphatic rings. The lowest BCUT2D eigenvalue weighted by Gasteiger charge is -2.38. The Bertz CT molecular complexity index is 789. The van der Waals surface area contributed by atoms with E-state index in [1.807, 2.05) is 6.08 Å². The van der Waals surface area contributed by atoms with Crippen molar-refractivity contribution in [1.29, 1.82) is 0 Å². The summed E-state index contributed by atoms with van der Waals surface area (Å²) in [5.41, 5.74) is -3.28. The zero-order chi connectivity index (χ0) is 20.6. The lowest BCUT2D eigenvalue weighted by molar-refractivity contribution is -0.208. The molecular formula is C20H26O8. The third kappa shape index (κ3) is 2.32. The second kappa shape index (κ2) is 5.89. The van der Waals surface area contributed by atoms with Crippen LogP contribution in [0.1, 0.15) is 40.5 Å². The number of ether oxygens (including phenoxy) is 4. The third-order valence-corrected chi connectivity index (χ3v) is 6.91. The van der Waals surface area contributed by atoms with Crippen LogP contribution in [0.5, 0.6) is 0 Å². The molecule has 3 saturated heterocycles. The highest BCUT2D eigenvalue weighted by Crippen LogP contribution is 2.58. The van der Waals surface area contributed by atoms with E-state index in [1.54, 1.807) is 27.7 Å². The molecule has 8 nitrogen and oxygen atoms in total. The summed E-state index contributed by atoms with van der Waals surface area (Å²) in [6, 6.07) is 0. The van der Waals surface area contributed by atoms with E-state index < -0.39 is 53.2 Å². The maximum absolute atomic E-state index is 12.8. The first-order chi connectivity index (χ1) is 13.0. The number of rotatable bonds is 2. The largest absolute Gasteiger partial charge is 0.455 e. The number of carbonyl (C=O) groups is 2. The molecule has 0 unspecified atom stereocenters. The molecular weight excluding hydrogens is 368 g/mol. The van der Waals surface area contributed by atoms with Gasteiger partial charge in [0.2, 0.25) is 0 Å². The number of aliphatic hydroxyl groups is 2. The van der Waals surface area contributed by atoms with Crippen LogP contribution in [-0.4, -0.2) is 64.1 Å². The minimum Gasteiger partial charge on any atom is -0.455 e. The smallest absolute Gasteiger partial charge is 0.341 e. The van der Waals surface area contributed by atoms with Crippen LogP contribution in [0, 0.1) is 5.41 Å². The van der Waals surface area contributed by atoms with Gasteiger partial charge in [-0.1, -0.05) is 19.6 Å². The first kappa shape index (κ1) is 19.6. The van der Waals surface area contributed by atoms with Crippen molar-refractivity contribution in [2.45, 2.75) is 82.4 Å². The van der Waals surface area contributed by atoms with Crippen molar-refractivity contribution in [3.8, 4) is 0 Å². The highest BCUT2D eigenvalue weighted by molar-refractivity contribution is 5.94. The molecule has 2 N–H and O–H groups in total. The van der Waals surface area contributed by atoms with Gasteiger partial charge >= 0.3 is 11.9 Å². The van der Waals surface area contributed by atoms with Crippen LogP contribution in [-0.2, 0) is 28.5 Å². The molecule has 1 aliphatic carbocycles. The van der Waals surface area contributed by atoms with Crippen molar-refractivity contribution in [2.24, 2.45) is 5.41 Å². The minimum atomic E-state index is -1.69. The second-order valence-corrected chi connectivity index (χ2v) is 8.66. The molecule has 8 atom stereocenters. The zero-order valence-corrected chi connectivity index (χ0v) is 16.4. The van der Waals surface area contributed by atoms with E-state index in [0.717, 1.165) is 0 Å². The van der Waals surface area contributed by atoms with Gasteiger partial charge in [0.05, 0.1) is 17.1 Å². The molecule has 0 aromatic heterocycles. The number of epoxide rings is 1. The van der Waals surface area contributed by atoms with Crippen LogP contribution in [0.25, 0.3) is 0 Å². The van der Waals surface area contributed by atoms with Gasteiger partial charge in [-0.3, -0.25) is 0 Å². The summed E-state index contributed by atoms with van der Waals surface area (Å²) >= 11 is 0. The molecule has 0 radical (unpaired) electrons.